The molecule has 4 aliphatic rings. The first-order valence-corrected chi connectivity index (χ1v) is 11.1. The van der Waals surface area contributed by atoms with Crippen molar-refractivity contribution in [2.75, 3.05) is 13.2 Å². The third-order valence-electron chi connectivity index (χ3n) is 6.69. The number of nitrogens with one attached hydrogen (secondary N) is 3. The molecule has 31 heavy (non-hydrogen) atoms. The molecular formula is C23H32ClN3O4. The molecule has 1 aliphatic carbocycles. The number of benzene rings is 1. The summed E-state index contributed by atoms with van der Waals surface area (Å²) in [6.45, 7) is 0.875. The van der Waals surface area contributed by atoms with Gasteiger partial charge in [-0.1, -0.05) is 30.3 Å². The maximum atomic E-state index is 13.0. The normalized spacial score (nSPS) is 27.8. The number of ketones is 1. The lowest BCUT2D eigenvalue weighted by Gasteiger charge is -2.43. The molecule has 3 N–H and O–H groups in total. The molecule has 7 nitrogen and oxygen atoms in total. The van der Waals surface area contributed by atoms with E-state index in [1.54, 1.807) is 0 Å². The van der Waals surface area contributed by atoms with Gasteiger partial charge in [0.1, 0.15) is 6.61 Å². The molecule has 0 radical (unpaired) electrons. The highest BCUT2D eigenvalue weighted by molar-refractivity contribution is 5.92. The topological polar surface area (TPSA) is 96.5 Å². The number of piperidine rings is 2. The van der Waals surface area contributed by atoms with Gasteiger partial charge in [-0.25, -0.2) is 0 Å². The summed E-state index contributed by atoms with van der Waals surface area (Å²) < 4.78 is 5.61. The molecule has 170 valence electrons. The van der Waals surface area contributed by atoms with Crippen LogP contribution < -0.4 is 16.0 Å². The molecule has 3 atom stereocenters. The number of carbonyl (C=O) groups excluding carboxylic acids is 3. The van der Waals surface area contributed by atoms with Crippen LogP contribution in [0.1, 0.15) is 44.1 Å². The van der Waals surface area contributed by atoms with E-state index in [-0.39, 0.29) is 48.6 Å². The third-order valence-corrected chi connectivity index (χ3v) is 6.69. The van der Waals surface area contributed by atoms with Gasteiger partial charge in [0.25, 0.3) is 0 Å². The number of hydrogen-bond donors (Lipinski definition) is 3. The molecule has 5 rings (SSSR count). The molecule has 1 saturated carbocycles. The number of amides is 2. The first kappa shape index (κ1) is 23.7. The van der Waals surface area contributed by atoms with Crippen LogP contribution in [-0.4, -0.2) is 48.9 Å². The maximum Gasteiger partial charge on any atom is 0.238 e. The molecule has 1 aromatic rings. The molecule has 2 amide bonds. The Bertz CT molecular complexity index is 767. The predicted molar refractivity (Wildman–Crippen MR) is 119 cm³/mol. The van der Waals surface area contributed by atoms with Gasteiger partial charge in [0, 0.05) is 18.5 Å². The number of Topliss-reactive ketones (excluding diaryl/α,β-unsaturated/α-hetero) is 1. The quantitative estimate of drug-likeness (QED) is 0.533. The molecule has 0 spiro atoms. The summed E-state index contributed by atoms with van der Waals surface area (Å²) in [4.78, 5) is 37.9. The average Bonchev–Trinajstić information content (AvgIpc) is 3.19. The standard InChI is InChI=1S/C23H31N3O4.ClH/c27-20(14-30-13-15-4-2-1-3-5-15)19(12-17-10-11-24-22(17)28)26-23(29)21-16-6-8-18(25-21)9-7-16;/h1-5,16-19,21,25H,6-14H2,(H,24,28)(H,26,29);1H/t16?,17-,18?,19-,21-;/m0./s1. The van der Waals surface area contributed by atoms with Crippen LogP contribution in [0.2, 0.25) is 0 Å². The van der Waals surface area contributed by atoms with Crippen molar-refractivity contribution < 1.29 is 19.1 Å². The molecule has 2 bridgehead atoms. The highest BCUT2D eigenvalue weighted by Gasteiger charge is 2.40. The molecule has 3 saturated heterocycles. The van der Waals surface area contributed by atoms with Gasteiger partial charge >= 0.3 is 0 Å². The molecule has 0 aromatic heterocycles. The number of ether oxygens (including phenoxy) is 1. The van der Waals surface area contributed by atoms with E-state index in [1.807, 2.05) is 30.3 Å². The van der Waals surface area contributed by atoms with Crippen molar-refractivity contribution in [3.63, 3.8) is 0 Å². The minimum Gasteiger partial charge on any atom is -0.369 e. The Morgan fingerprint density at radius 2 is 1.84 bits per heavy atom. The first-order chi connectivity index (χ1) is 14.6. The Kier molecular flexibility index (Phi) is 8.46. The smallest absolute Gasteiger partial charge is 0.238 e. The second-order valence-electron chi connectivity index (χ2n) is 8.77. The summed E-state index contributed by atoms with van der Waals surface area (Å²) in [6.07, 6.45) is 5.36. The van der Waals surface area contributed by atoms with Crippen LogP contribution in [0.5, 0.6) is 0 Å². The second kappa shape index (κ2) is 11.1. The van der Waals surface area contributed by atoms with Gasteiger partial charge in [-0.05, 0) is 50.0 Å². The summed E-state index contributed by atoms with van der Waals surface area (Å²) in [5.74, 6) is -0.259. The third kappa shape index (κ3) is 6.05. The van der Waals surface area contributed by atoms with Crippen molar-refractivity contribution in [2.45, 2.75) is 63.3 Å². The minimum absolute atomic E-state index is 0. The SMILES string of the molecule is Cl.O=C1NCC[C@H]1C[C@H](NC(=O)[C@H]1NC2CCC1CC2)C(=O)COCc1ccccc1. The van der Waals surface area contributed by atoms with E-state index < -0.39 is 6.04 Å². The fourth-order valence-corrected chi connectivity index (χ4v) is 4.93. The zero-order valence-corrected chi connectivity index (χ0v) is 18.5. The summed E-state index contributed by atoms with van der Waals surface area (Å²) in [6, 6.07) is 9.11. The van der Waals surface area contributed by atoms with E-state index in [0.717, 1.165) is 31.2 Å². The zero-order valence-electron chi connectivity index (χ0n) is 17.7. The van der Waals surface area contributed by atoms with Crippen molar-refractivity contribution in [1.82, 2.24) is 16.0 Å². The lowest BCUT2D eigenvalue weighted by atomic mass is 9.76. The van der Waals surface area contributed by atoms with Gasteiger partial charge in [0.15, 0.2) is 5.78 Å². The van der Waals surface area contributed by atoms with Crippen molar-refractivity contribution in [1.29, 1.82) is 0 Å². The van der Waals surface area contributed by atoms with E-state index >= 15 is 0 Å². The Balaban J connectivity index is 0.00000272. The van der Waals surface area contributed by atoms with Gasteiger partial charge in [-0.3, -0.25) is 14.4 Å². The van der Waals surface area contributed by atoms with Crippen molar-refractivity contribution >= 4 is 30.0 Å². The van der Waals surface area contributed by atoms with Crippen LogP contribution in [-0.2, 0) is 25.7 Å². The van der Waals surface area contributed by atoms with Gasteiger partial charge in [-0.2, -0.15) is 0 Å². The molecular weight excluding hydrogens is 418 g/mol. The molecule has 8 heteroatoms. The van der Waals surface area contributed by atoms with Crippen molar-refractivity contribution in [3.8, 4) is 0 Å². The number of rotatable bonds is 9. The number of carbonyl (C=O) groups is 3. The first-order valence-electron chi connectivity index (χ1n) is 11.1. The monoisotopic (exact) mass is 449 g/mol. The second-order valence-corrected chi connectivity index (χ2v) is 8.77. The highest BCUT2D eigenvalue weighted by atomic mass is 35.5. The Labute approximate surface area is 189 Å². The van der Waals surface area contributed by atoms with Crippen LogP contribution in [0.4, 0.5) is 0 Å². The van der Waals surface area contributed by atoms with Crippen LogP contribution >= 0.6 is 12.4 Å². The predicted octanol–water partition coefficient (Wildman–Crippen LogP) is 1.74. The summed E-state index contributed by atoms with van der Waals surface area (Å²) in [5, 5.41) is 9.20. The fraction of sp³-hybridized carbons (Fsp3) is 0.609. The van der Waals surface area contributed by atoms with Crippen LogP contribution in [0.25, 0.3) is 0 Å². The maximum absolute atomic E-state index is 13.0. The largest absolute Gasteiger partial charge is 0.369 e. The van der Waals surface area contributed by atoms with Gasteiger partial charge in [0.05, 0.1) is 18.7 Å². The molecule has 3 heterocycles. The van der Waals surface area contributed by atoms with E-state index in [4.69, 9.17) is 4.74 Å². The summed E-state index contributed by atoms with van der Waals surface area (Å²) in [5.41, 5.74) is 0.989. The average molecular weight is 450 g/mol. The zero-order chi connectivity index (χ0) is 20.9. The highest BCUT2D eigenvalue weighted by Crippen LogP contribution is 2.33. The van der Waals surface area contributed by atoms with Crippen molar-refractivity contribution in [3.05, 3.63) is 35.9 Å². The molecule has 0 unspecified atom stereocenters. The minimum atomic E-state index is -0.704. The van der Waals surface area contributed by atoms with Crippen molar-refractivity contribution in [2.24, 2.45) is 11.8 Å². The number of hydrogen-bond acceptors (Lipinski definition) is 5. The fourth-order valence-electron chi connectivity index (χ4n) is 4.93. The van der Waals surface area contributed by atoms with E-state index in [0.29, 0.717) is 38.0 Å². The van der Waals surface area contributed by atoms with Gasteiger partial charge in [0.2, 0.25) is 11.8 Å². The van der Waals surface area contributed by atoms with Crippen LogP contribution in [0.3, 0.4) is 0 Å². The van der Waals surface area contributed by atoms with E-state index in [2.05, 4.69) is 16.0 Å². The number of halogens is 1. The van der Waals surface area contributed by atoms with E-state index in [9.17, 15) is 14.4 Å². The van der Waals surface area contributed by atoms with Crippen LogP contribution in [0.15, 0.2) is 30.3 Å². The lowest BCUT2D eigenvalue weighted by Crippen LogP contribution is -2.60. The Morgan fingerprint density at radius 1 is 1.10 bits per heavy atom. The van der Waals surface area contributed by atoms with Crippen LogP contribution in [0, 0.1) is 11.8 Å². The van der Waals surface area contributed by atoms with Gasteiger partial charge < -0.3 is 20.7 Å². The lowest BCUT2D eigenvalue weighted by molar-refractivity contribution is -0.134. The Hall–Kier alpha value is -1.96. The number of fused-ring (bicyclic) bond motifs is 3. The molecule has 3 aliphatic heterocycles. The Morgan fingerprint density at radius 3 is 2.45 bits per heavy atom. The summed E-state index contributed by atoms with van der Waals surface area (Å²) >= 11 is 0. The van der Waals surface area contributed by atoms with Gasteiger partial charge in [-0.15, -0.1) is 12.4 Å². The molecule has 1 aromatic carbocycles. The molecule has 4 fully saturated rings. The summed E-state index contributed by atoms with van der Waals surface area (Å²) in [7, 11) is 0. The van der Waals surface area contributed by atoms with E-state index in [1.165, 1.54) is 0 Å².